The molecule has 1 heterocycles. The third-order valence-electron chi connectivity index (χ3n) is 4.24. The number of halogens is 1. The summed E-state index contributed by atoms with van der Waals surface area (Å²) in [5, 5.41) is 15.3. The number of primary sulfonamides is 1. The number of sulfonamides is 1. The van der Waals surface area contributed by atoms with E-state index < -0.39 is 10.0 Å². The Bertz CT molecular complexity index is 627. The normalized spacial score (nSPS) is 16.0. The van der Waals surface area contributed by atoms with Gasteiger partial charge < -0.3 is 10.6 Å². The van der Waals surface area contributed by atoms with Crippen LogP contribution in [-0.2, 0) is 21.4 Å². The Labute approximate surface area is 155 Å². The van der Waals surface area contributed by atoms with Crippen LogP contribution in [-0.4, -0.2) is 43.2 Å². The van der Waals surface area contributed by atoms with Crippen molar-refractivity contribution in [2.75, 3.05) is 13.1 Å². The minimum atomic E-state index is -3.74. The first-order chi connectivity index (χ1) is 11.4. The van der Waals surface area contributed by atoms with E-state index in [4.69, 9.17) is 5.14 Å². The predicted molar refractivity (Wildman–Crippen MR) is 98.0 cm³/mol. The van der Waals surface area contributed by atoms with Crippen molar-refractivity contribution in [2.24, 2.45) is 5.14 Å². The third-order valence-corrected chi connectivity index (χ3v) is 5.11. The average molecular weight is 394 g/mol. The van der Waals surface area contributed by atoms with Gasteiger partial charge in [0.25, 0.3) is 0 Å². The molecule has 1 amide bonds. The van der Waals surface area contributed by atoms with Crippen LogP contribution >= 0.6 is 12.4 Å². The Morgan fingerprint density at radius 3 is 2.52 bits per heavy atom. The van der Waals surface area contributed by atoms with E-state index in [2.05, 4.69) is 15.7 Å². The lowest BCUT2D eigenvalue weighted by atomic mass is 10.1. The molecule has 1 aliphatic carbocycles. The first-order valence-corrected chi connectivity index (χ1v) is 10.0. The molecule has 25 heavy (non-hydrogen) atoms. The summed E-state index contributed by atoms with van der Waals surface area (Å²) >= 11 is 0. The van der Waals surface area contributed by atoms with Crippen molar-refractivity contribution in [3.05, 3.63) is 12.4 Å². The van der Waals surface area contributed by atoms with Gasteiger partial charge in [-0.15, -0.1) is 12.4 Å². The summed E-state index contributed by atoms with van der Waals surface area (Å²) in [6.45, 7) is 1.68. The predicted octanol–water partition coefficient (Wildman–Crippen LogP) is 0.771. The summed E-state index contributed by atoms with van der Waals surface area (Å²) in [7, 11) is -3.74. The van der Waals surface area contributed by atoms with Gasteiger partial charge >= 0.3 is 0 Å². The Balaban J connectivity index is 0.00000312. The van der Waals surface area contributed by atoms with Gasteiger partial charge in [0.05, 0.1) is 6.20 Å². The van der Waals surface area contributed by atoms with E-state index >= 15 is 0 Å². The van der Waals surface area contributed by atoms with Crippen LogP contribution in [0.15, 0.2) is 17.3 Å². The zero-order valence-electron chi connectivity index (χ0n) is 14.3. The van der Waals surface area contributed by atoms with Crippen LogP contribution in [0.25, 0.3) is 0 Å². The number of carbonyl (C=O) groups is 1. The number of rotatable bonds is 8. The van der Waals surface area contributed by atoms with Crippen LogP contribution in [0.5, 0.6) is 0 Å². The Kier molecular flexibility index (Phi) is 9.41. The average Bonchev–Trinajstić information content (AvgIpc) is 2.87. The van der Waals surface area contributed by atoms with E-state index in [1.807, 2.05) is 0 Å². The van der Waals surface area contributed by atoms with Gasteiger partial charge in [-0.25, -0.2) is 13.6 Å². The lowest BCUT2D eigenvalue weighted by molar-refractivity contribution is -0.121. The molecule has 0 atom stereocenters. The van der Waals surface area contributed by atoms with E-state index in [-0.39, 0.29) is 29.6 Å². The van der Waals surface area contributed by atoms with Crippen LogP contribution in [0.1, 0.15) is 44.9 Å². The Morgan fingerprint density at radius 1 is 1.24 bits per heavy atom. The fourth-order valence-corrected chi connectivity index (χ4v) is 3.34. The molecule has 1 aliphatic rings. The van der Waals surface area contributed by atoms with Crippen molar-refractivity contribution in [3.63, 3.8) is 0 Å². The minimum Gasteiger partial charge on any atom is -0.355 e. The van der Waals surface area contributed by atoms with E-state index in [1.165, 1.54) is 55.6 Å². The molecule has 0 aromatic carbocycles. The van der Waals surface area contributed by atoms with Crippen molar-refractivity contribution >= 4 is 28.3 Å². The molecule has 0 radical (unpaired) electrons. The third kappa shape index (κ3) is 8.17. The number of nitrogens with two attached hydrogens (primary N) is 1. The van der Waals surface area contributed by atoms with Gasteiger partial charge in [0, 0.05) is 38.3 Å². The van der Waals surface area contributed by atoms with E-state index in [0.29, 0.717) is 19.1 Å². The molecule has 8 nitrogen and oxygen atoms in total. The molecule has 144 valence electrons. The maximum absolute atomic E-state index is 11.8. The molecule has 1 aromatic heterocycles. The Morgan fingerprint density at radius 2 is 1.92 bits per heavy atom. The van der Waals surface area contributed by atoms with Crippen molar-refractivity contribution in [2.45, 2.75) is 62.4 Å². The van der Waals surface area contributed by atoms with Gasteiger partial charge in [-0.1, -0.05) is 25.7 Å². The summed E-state index contributed by atoms with van der Waals surface area (Å²) in [5.74, 6) is -0.0784. The monoisotopic (exact) mass is 393 g/mol. The lowest BCUT2D eigenvalue weighted by Crippen LogP contribution is -2.37. The molecule has 0 unspecified atom stereocenters. The number of hydrogen-bond acceptors (Lipinski definition) is 5. The van der Waals surface area contributed by atoms with E-state index in [1.54, 1.807) is 0 Å². The summed E-state index contributed by atoms with van der Waals surface area (Å²) in [6.07, 6.45) is 10.4. The summed E-state index contributed by atoms with van der Waals surface area (Å²) < 4.78 is 23.7. The summed E-state index contributed by atoms with van der Waals surface area (Å²) in [4.78, 5) is 11.8. The van der Waals surface area contributed by atoms with Gasteiger partial charge in [-0.05, 0) is 12.8 Å². The van der Waals surface area contributed by atoms with E-state index in [0.717, 1.165) is 6.54 Å². The molecule has 1 fully saturated rings. The second-order valence-corrected chi connectivity index (χ2v) is 7.79. The first-order valence-electron chi connectivity index (χ1n) is 8.50. The van der Waals surface area contributed by atoms with Gasteiger partial charge in [0.15, 0.2) is 0 Å². The smallest absolute Gasteiger partial charge is 0.241 e. The topological polar surface area (TPSA) is 119 Å². The molecule has 0 spiro atoms. The fraction of sp³-hybridized carbons (Fsp3) is 0.733. The standard InChI is InChI=1S/C15H27N5O3S.ClH/c16-24(22,23)14-11-19-20(12-14)10-7-15(21)18-9-8-17-13-5-3-1-2-4-6-13;/h11-13,17H,1-10H2,(H,18,21)(H2,16,22,23);1H. The molecular formula is C15H28ClN5O3S. The molecule has 1 aromatic rings. The zero-order chi connectivity index (χ0) is 17.4. The largest absolute Gasteiger partial charge is 0.355 e. The molecule has 0 saturated heterocycles. The molecule has 2 rings (SSSR count). The number of nitrogens with zero attached hydrogens (tertiary/aromatic N) is 2. The van der Waals surface area contributed by atoms with Crippen LogP contribution in [0.4, 0.5) is 0 Å². The second-order valence-electron chi connectivity index (χ2n) is 6.23. The molecule has 4 N–H and O–H groups in total. The number of nitrogens with one attached hydrogen (secondary N) is 2. The first kappa shape index (κ1) is 21.9. The fourth-order valence-electron chi connectivity index (χ4n) is 2.88. The van der Waals surface area contributed by atoms with Crippen LogP contribution in [0, 0.1) is 0 Å². The van der Waals surface area contributed by atoms with Gasteiger partial charge in [-0.3, -0.25) is 9.48 Å². The second kappa shape index (κ2) is 10.7. The number of carbonyl (C=O) groups excluding carboxylic acids is 1. The summed E-state index contributed by atoms with van der Waals surface area (Å²) in [6, 6.07) is 0.574. The van der Waals surface area contributed by atoms with Gasteiger partial charge in [0.2, 0.25) is 15.9 Å². The maximum atomic E-state index is 11.8. The highest BCUT2D eigenvalue weighted by molar-refractivity contribution is 7.89. The zero-order valence-corrected chi connectivity index (χ0v) is 15.9. The number of amides is 1. The van der Waals surface area contributed by atoms with Crippen molar-refractivity contribution in [1.82, 2.24) is 20.4 Å². The Hall–Kier alpha value is -1.16. The molecular weight excluding hydrogens is 366 g/mol. The van der Waals surface area contributed by atoms with Crippen molar-refractivity contribution in [1.29, 1.82) is 0 Å². The van der Waals surface area contributed by atoms with Crippen LogP contribution in [0.3, 0.4) is 0 Å². The quantitative estimate of drug-likeness (QED) is 0.445. The summed E-state index contributed by atoms with van der Waals surface area (Å²) in [5.41, 5.74) is 0. The van der Waals surface area contributed by atoms with Crippen LogP contribution < -0.4 is 15.8 Å². The number of aryl methyl sites for hydroxylation is 1. The number of aromatic nitrogens is 2. The molecule has 1 saturated carbocycles. The number of hydrogen-bond donors (Lipinski definition) is 3. The van der Waals surface area contributed by atoms with E-state index in [9.17, 15) is 13.2 Å². The van der Waals surface area contributed by atoms with Crippen molar-refractivity contribution < 1.29 is 13.2 Å². The van der Waals surface area contributed by atoms with Gasteiger partial charge in [0.1, 0.15) is 4.90 Å². The van der Waals surface area contributed by atoms with Gasteiger partial charge in [-0.2, -0.15) is 5.10 Å². The molecule has 10 heteroatoms. The van der Waals surface area contributed by atoms with Crippen LogP contribution in [0.2, 0.25) is 0 Å². The molecule has 0 aliphatic heterocycles. The van der Waals surface area contributed by atoms with Crippen molar-refractivity contribution in [3.8, 4) is 0 Å². The highest BCUT2D eigenvalue weighted by Crippen LogP contribution is 2.16. The molecule has 0 bridgehead atoms. The minimum absolute atomic E-state index is 0. The SMILES string of the molecule is Cl.NS(=O)(=O)c1cnn(CCC(=O)NCCNC2CCCCCC2)c1. The highest BCUT2D eigenvalue weighted by Gasteiger charge is 2.12. The maximum Gasteiger partial charge on any atom is 0.241 e. The highest BCUT2D eigenvalue weighted by atomic mass is 35.5. The lowest BCUT2D eigenvalue weighted by Gasteiger charge is -2.16.